The summed E-state index contributed by atoms with van der Waals surface area (Å²) in [6.45, 7) is 0. The van der Waals surface area contributed by atoms with E-state index in [0.717, 1.165) is 0 Å². The molecule has 0 fully saturated rings. The number of anilines is 2. The van der Waals surface area contributed by atoms with Gasteiger partial charge in [-0.05, 0) is 24.3 Å². The number of benzene rings is 1. The van der Waals surface area contributed by atoms with Crippen LogP contribution in [0, 0.1) is 11.8 Å². The lowest BCUT2D eigenvalue weighted by molar-refractivity contribution is 0.585. The van der Waals surface area contributed by atoms with Gasteiger partial charge in [0.2, 0.25) is 5.95 Å². The SMILES string of the molecule is Fc1cccc(Nc2cc(Cl)c(F)c(Cl)c2)n1. The molecule has 0 bridgehead atoms. The van der Waals surface area contributed by atoms with Crippen molar-refractivity contribution < 1.29 is 8.78 Å². The third kappa shape index (κ3) is 2.84. The van der Waals surface area contributed by atoms with Gasteiger partial charge in [0, 0.05) is 5.69 Å². The summed E-state index contributed by atoms with van der Waals surface area (Å²) < 4.78 is 26.0. The Labute approximate surface area is 106 Å². The normalized spacial score (nSPS) is 10.4. The molecule has 2 aromatic rings. The quantitative estimate of drug-likeness (QED) is 0.648. The zero-order valence-electron chi connectivity index (χ0n) is 8.35. The molecule has 0 saturated heterocycles. The van der Waals surface area contributed by atoms with Crippen LogP contribution >= 0.6 is 23.2 Å². The zero-order chi connectivity index (χ0) is 12.4. The van der Waals surface area contributed by atoms with Crippen molar-refractivity contribution in [3.05, 3.63) is 52.1 Å². The average Bonchev–Trinajstić information content (AvgIpc) is 2.26. The van der Waals surface area contributed by atoms with Crippen LogP contribution in [0.5, 0.6) is 0 Å². The van der Waals surface area contributed by atoms with E-state index in [4.69, 9.17) is 23.2 Å². The molecule has 2 nitrogen and oxygen atoms in total. The third-order valence-corrected chi connectivity index (χ3v) is 2.52. The molecule has 0 radical (unpaired) electrons. The van der Waals surface area contributed by atoms with Crippen LogP contribution in [0.25, 0.3) is 0 Å². The van der Waals surface area contributed by atoms with Crippen LogP contribution in [-0.4, -0.2) is 4.98 Å². The Morgan fingerprint density at radius 3 is 2.29 bits per heavy atom. The summed E-state index contributed by atoms with van der Waals surface area (Å²) in [4.78, 5) is 3.59. The largest absolute Gasteiger partial charge is 0.340 e. The molecule has 0 spiro atoms. The Kier molecular flexibility index (Phi) is 3.45. The minimum absolute atomic E-state index is 0.114. The van der Waals surface area contributed by atoms with Crippen LogP contribution < -0.4 is 5.32 Å². The van der Waals surface area contributed by atoms with Crippen molar-refractivity contribution in [1.82, 2.24) is 4.98 Å². The Morgan fingerprint density at radius 1 is 1.06 bits per heavy atom. The summed E-state index contributed by atoms with van der Waals surface area (Å²) in [6, 6.07) is 6.96. The summed E-state index contributed by atoms with van der Waals surface area (Å²) in [5.74, 6) is -1.02. The number of hydrogen-bond donors (Lipinski definition) is 1. The highest BCUT2D eigenvalue weighted by Crippen LogP contribution is 2.28. The molecule has 2 rings (SSSR count). The first-order chi connectivity index (χ1) is 8.06. The highest BCUT2D eigenvalue weighted by Gasteiger charge is 2.08. The predicted molar refractivity (Wildman–Crippen MR) is 63.9 cm³/mol. The molecule has 0 amide bonds. The van der Waals surface area contributed by atoms with Gasteiger partial charge in [0.05, 0.1) is 10.0 Å². The van der Waals surface area contributed by atoms with E-state index in [0.29, 0.717) is 5.69 Å². The zero-order valence-corrected chi connectivity index (χ0v) is 9.86. The van der Waals surface area contributed by atoms with E-state index in [1.54, 1.807) is 6.07 Å². The minimum Gasteiger partial charge on any atom is -0.340 e. The minimum atomic E-state index is -0.689. The van der Waals surface area contributed by atoms with Gasteiger partial charge in [0.1, 0.15) is 5.82 Å². The van der Waals surface area contributed by atoms with Crippen molar-refractivity contribution in [2.45, 2.75) is 0 Å². The van der Waals surface area contributed by atoms with Crippen LogP contribution in [0.15, 0.2) is 30.3 Å². The van der Waals surface area contributed by atoms with Crippen LogP contribution in [0.4, 0.5) is 20.3 Å². The molecular weight excluding hydrogens is 269 g/mol. The Hall–Kier alpha value is -1.39. The summed E-state index contributed by atoms with van der Waals surface area (Å²) in [5.41, 5.74) is 0.430. The lowest BCUT2D eigenvalue weighted by Gasteiger charge is -2.07. The molecule has 0 aliphatic carbocycles. The third-order valence-electron chi connectivity index (χ3n) is 1.97. The summed E-state index contributed by atoms with van der Waals surface area (Å²) in [5, 5.41) is 2.54. The fourth-order valence-electron chi connectivity index (χ4n) is 1.25. The maximum Gasteiger partial charge on any atom is 0.214 e. The second-order valence-electron chi connectivity index (χ2n) is 3.22. The average molecular weight is 275 g/mol. The first kappa shape index (κ1) is 12.1. The van der Waals surface area contributed by atoms with Gasteiger partial charge in [-0.2, -0.15) is 4.39 Å². The first-order valence-corrected chi connectivity index (χ1v) is 5.36. The predicted octanol–water partition coefficient (Wildman–Crippen LogP) is 4.41. The molecule has 1 heterocycles. The Balaban J connectivity index is 2.31. The smallest absolute Gasteiger partial charge is 0.214 e. The van der Waals surface area contributed by atoms with Crippen LogP contribution in [0.3, 0.4) is 0 Å². The number of rotatable bonds is 2. The fourth-order valence-corrected chi connectivity index (χ4v) is 1.74. The number of aromatic nitrogens is 1. The van der Waals surface area contributed by atoms with Crippen LogP contribution in [0.2, 0.25) is 10.0 Å². The molecule has 0 aliphatic heterocycles. The molecule has 0 aliphatic rings. The molecule has 1 aromatic heterocycles. The molecular formula is C11H6Cl2F2N2. The molecule has 0 atom stereocenters. The van der Waals surface area contributed by atoms with Gasteiger partial charge in [-0.15, -0.1) is 0 Å². The van der Waals surface area contributed by atoms with Gasteiger partial charge in [-0.25, -0.2) is 9.37 Å². The van der Waals surface area contributed by atoms with E-state index in [-0.39, 0.29) is 15.9 Å². The van der Waals surface area contributed by atoms with E-state index in [1.165, 1.54) is 24.3 Å². The van der Waals surface area contributed by atoms with Crippen molar-refractivity contribution in [2.75, 3.05) is 5.32 Å². The lowest BCUT2D eigenvalue weighted by atomic mass is 10.3. The molecule has 0 unspecified atom stereocenters. The fraction of sp³-hybridized carbons (Fsp3) is 0. The standard InChI is InChI=1S/C11H6Cl2F2N2/c12-7-4-6(5-8(13)11(7)15)16-10-3-1-2-9(14)17-10/h1-5H,(H,16,17). The van der Waals surface area contributed by atoms with Crippen LogP contribution in [-0.2, 0) is 0 Å². The molecule has 0 saturated carbocycles. The Morgan fingerprint density at radius 2 is 1.71 bits per heavy atom. The molecule has 1 aromatic carbocycles. The van der Waals surface area contributed by atoms with Gasteiger partial charge in [0.15, 0.2) is 5.82 Å². The van der Waals surface area contributed by atoms with E-state index >= 15 is 0 Å². The lowest BCUT2D eigenvalue weighted by Crippen LogP contribution is -1.95. The van der Waals surface area contributed by atoms with E-state index in [9.17, 15) is 8.78 Å². The molecule has 88 valence electrons. The highest BCUT2D eigenvalue weighted by atomic mass is 35.5. The number of nitrogens with one attached hydrogen (secondary N) is 1. The second-order valence-corrected chi connectivity index (χ2v) is 4.04. The van der Waals surface area contributed by atoms with Gasteiger partial charge >= 0.3 is 0 Å². The van der Waals surface area contributed by atoms with Crippen LogP contribution in [0.1, 0.15) is 0 Å². The molecule has 17 heavy (non-hydrogen) atoms. The maximum absolute atomic E-state index is 13.1. The van der Waals surface area contributed by atoms with Gasteiger partial charge in [-0.1, -0.05) is 29.3 Å². The Bertz CT molecular complexity index is 538. The van der Waals surface area contributed by atoms with Gasteiger partial charge in [0.25, 0.3) is 0 Å². The van der Waals surface area contributed by atoms with E-state index in [2.05, 4.69) is 10.3 Å². The van der Waals surface area contributed by atoms with Crippen molar-refractivity contribution in [2.24, 2.45) is 0 Å². The number of nitrogens with zero attached hydrogens (tertiary/aromatic N) is 1. The highest BCUT2D eigenvalue weighted by molar-refractivity contribution is 6.35. The molecule has 6 heteroatoms. The van der Waals surface area contributed by atoms with Crippen molar-refractivity contribution in [3.63, 3.8) is 0 Å². The number of halogens is 4. The maximum atomic E-state index is 13.1. The van der Waals surface area contributed by atoms with Crippen molar-refractivity contribution in [1.29, 1.82) is 0 Å². The summed E-state index contributed by atoms with van der Waals surface area (Å²) in [7, 11) is 0. The molecule has 1 N–H and O–H groups in total. The monoisotopic (exact) mass is 274 g/mol. The van der Waals surface area contributed by atoms with E-state index in [1.807, 2.05) is 0 Å². The number of hydrogen-bond acceptors (Lipinski definition) is 2. The van der Waals surface area contributed by atoms with Crippen molar-refractivity contribution >= 4 is 34.7 Å². The van der Waals surface area contributed by atoms with Gasteiger partial charge < -0.3 is 5.32 Å². The van der Waals surface area contributed by atoms with Gasteiger partial charge in [-0.3, -0.25) is 0 Å². The summed E-state index contributed by atoms with van der Waals surface area (Å²) in [6.07, 6.45) is 0. The van der Waals surface area contributed by atoms with E-state index < -0.39 is 11.8 Å². The topological polar surface area (TPSA) is 24.9 Å². The second kappa shape index (κ2) is 4.85. The number of pyridine rings is 1. The summed E-state index contributed by atoms with van der Waals surface area (Å²) >= 11 is 11.2. The van der Waals surface area contributed by atoms with Crippen molar-refractivity contribution in [3.8, 4) is 0 Å². The first-order valence-electron chi connectivity index (χ1n) is 4.60.